The molecule has 0 aliphatic heterocycles. The molecule has 0 radical (unpaired) electrons. The SMILES string of the molecule is COc1ccc(Cl)cc1NC(=O)NCC(O)(c1cccs1)C1CC1. The third-order valence-electron chi connectivity index (χ3n) is 4.13. The predicted octanol–water partition coefficient (Wildman–Crippen LogP) is 3.83. The number of thiophene rings is 1. The number of ether oxygens (including phenoxy) is 1. The highest BCUT2D eigenvalue weighted by molar-refractivity contribution is 7.10. The summed E-state index contributed by atoms with van der Waals surface area (Å²) in [5, 5.41) is 18.9. The average molecular weight is 367 g/mol. The normalized spacial score (nSPS) is 16.3. The molecule has 1 aromatic heterocycles. The van der Waals surface area contributed by atoms with Crippen LogP contribution in [0.5, 0.6) is 5.75 Å². The third-order valence-corrected chi connectivity index (χ3v) is 5.40. The van der Waals surface area contributed by atoms with Crippen molar-refractivity contribution in [3.8, 4) is 5.75 Å². The molecule has 24 heavy (non-hydrogen) atoms. The number of amides is 2. The highest BCUT2D eigenvalue weighted by atomic mass is 35.5. The van der Waals surface area contributed by atoms with E-state index in [9.17, 15) is 9.90 Å². The van der Waals surface area contributed by atoms with Crippen LogP contribution >= 0.6 is 22.9 Å². The van der Waals surface area contributed by atoms with Gasteiger partial charge in [0.05, 0.1) is 19.3 Å². The van der Waals surface area contributed by atoms with Crippen molar-refractivity contribution in [2.45, 2.75) is 18.4 Å². The smallest absolute Gasteiger partial charge is 0.319 e. The standard InChI is InChI=1S/C17H19ClN2O3S/c1-23-14-7-6-12(18)9-13(14)20-16(21)19-10-17(22,11-4-5-11)15-3-2-8-24-15/h2-3,6-9,11,22H,4-5,10H2,1H3,(H2,19,20,21). The van der Waals surface area contributed by atoms with Gasteiger partial charge in [0.15, 0.2) is 0 Å². The molecule has 0 spiro atoms. The maximum Gasteiger partial charge on any atom is 0.319 e. The molecule has 1 fully saturated rings. The zero-order chi connectivity index (χ0) is 17.2. The van der Waals surface area contributed by atoms with Crippen LogP contribution in [0.3, 0.4) is 0 Å². The molecule has 1 aliphatic rings. The maximum atomic E-state index is 12.2. The van der Waals surface area contributed by atoms with Gasteiger partial charge in [-0.15, -0.1) is 11.3 Å². The van der Waals surface area contributed by atoms with Crippen LogP contribution in [-0.2, 0) is 5.60 Å². The Hall–Kier alpha value is -1.76. The van der Waals surface area contributed by atoms with Crippen LogP contribution in [0.2, 0.25) is 5.02 Å². The number of carbonyl (C=O) groups excluding carboxylic acids is 1. The van der Waals surface area contributed by atoms with Gasteiger partial charge in [0, 0.05) is 9.90 Å². The van der Waals surface area contributed by atoms with Gasteiger partial charge in [-0.3, -0.25) is 0 Å². The summed E-state index contributed by atoms with van der Waals surface area (Å²) in [5.41, 5.74) is -0.530. The first-order valence-corrected chi connectivity index (χ1v) is 8.93. The number of hydrogen-bond donors (Lipinski definition) is 3. The first kappa shape index (κ1) is 17.1. The zero-order valence-electron chi connectivity index (χ0n) is 13.2. The van der Waals surface area contributed by atoms with E-state index in [0.29, 0.717) is 16.5 Å². The van der Waals surface area contributed by atoms with Gasteiger partial charge in [-0.25, -0.2) is 4.79 Å². The molecule has 1 aromatic carbocycles. The quantitative estimate of drug-likeness (QED) is 0.727. The molecule has 1 atom stereocenters. The minimum absolute atomic E-state index is 0.160. The van der Waals surface area contributed by atoms with Crippen LogP contribution in [0.25, 0.3) is 0 Å². The number of carbonyl (C=O) groups is 1. The van der Waals surface area contributed by atoms with E-state index in [2.05, 4.69) is 10.6 Å². The van der Waals surface area contributed by atoms with Gasteiger partial charge >= 0.3 is 6.03 Å². The summed E-state index contributed by atoms with van der Waals surface area (Å²) in [6.45, 7) is 0.160. The van der Waals surface area contributed by atoms with Gasteiger partial charge in [0.25, 0.3) is 0 Å². The van der Waals surface area contributed by atoms with E-state index >= 15 is 0 Å². The third kappa shape index (κ3) is 3.66. The largest absolute Gasteiger partial charge is 0.495 e. The summed E-state index contributed by atoms with van der Waals surface area (Å²) in [7, 11) is 1.52. The summed E-state index contributed by atoms with van der Waals surface area (Å²) in [6.07, 6.45) is 1.94. The number of rotatable bonds is 6. The van der Waals surface area contributed by atoms with Gasteiger partial charge in [-0.1, -0.05) is 17.7 Å². The second-order valence-electron chi connectivity index (χ2n) is 5.83. The number of nitrogens with one attached hydrogen (secondary N) is 2. The zero-order valence-corrected chi connectivity index (χ0v) is 14.8. The molecule has 0 bridgehead atoms. The summed E-state index contributed by atoms with van der Waals surface area (Å²) in [5.74, 6) is 0.711. The van der Waals surface area contributed by atoms with Crippen LogP contribution < -0.4 is 15.4 Å². The van der Waals surface area contributed by atoms with Crippen molar-refractivity contribution in [3.63, 3.8) is 0 Å². The Kier molecular flexibility index (Phi) is 4.99. The minimum atomic E-state index is -1.01. The number of benzene rings is 1. The molecule has 2 amide bonds. The minimum Gasteiger partial charge on any atom is -0.495 e. The highest BCUT2D eigenvalue weighted by Gasteiger charge is 2.45. The lowest BCUT2D eigenvalue weighted by molar-refractivity contribution is 0.0200. The Morgan fingerprint density at radius 1 is 1.46 bits per heavy atom. The van der Waals surface area contributed by atoms with E-state index in [1.165, 1.54) is 18.4 Å². The van der Waals surface area contributed by atoms with Gasteiger partial charge in [0.2, 0.25) is 0 Å². The van der Waals surface area contributed by atoms with Crippen LogP contribution in [0.4, 0.5) is 10.5 Å². The fraction of sp³-hybridized carbons (Fsp3) is 0.353. The summed E-state index contributed by atoms with van der Waals surface area (Å²) in [6, 6.07) is 8.39. The van der Waals surface area contributed by atoms with Gasteiger partial charge in [-0.2, -0.15) is 0 Å². The van der Waals surface area contributed by atoms with Gasteiger partial charge < -0.3 is 20.5 Å². The molecule has 2 aromatic rings. The molecule has 1 heterocycles. The molecule has 128 valence electrons. The van der Waals surface area contributed by atoms with Crippen molar-refractivity contribution < 1.29 is 14.6 Å². The molecule has 1 saturated carbocycles. The molecular formula is C17H19ClN2O3S. The Balaban J connectivity index is 1.66. The average Bonchev–Trinajstić information content (AvgIpc) is 3.28. The lowest BCUT2D eigenvalue weighted by Gasteiger charge is -2.27. The van der Waals surface area contributed by atoms with Crippen molar-refractivity contribution in [3.05, 3.63) is 45.6 Å². The van der Waals surface area contributed by atoms with Crippen molar-refractivity contribution >= 4 is 34.7 Å². The summed E-state index contributed by atoms with van der Waals surface area (Å²) < 4.78 is 5.20. The van der Waals surface area contributed by atoms with Crippen LogP contribution in [0, 0.1) is 5.92 Å². The van der Waals surface area contributed by atoms with E-state index in [1.54, 1.807) is 18.2 Å². The number of methoxy groups -OCH3 is 1. The Morgan fingerprint density at radius 2 is 2.25 bits per heavy atom. The van der Waals surface area contributed by atoms with E-state index in [4.69, 9.17) is 16.3 Å². The molecule has 7 heteroatoms. The Bertz CT molecular complexity index is 719. The van der Waals surface area contributed by atoms with Crippen molar-refractivity contribution in [1.82, 2.24) is 5.32 Å². The molecule has 0 saturated heterocycles. The fourth-order valence-electron chi connectivity index (χ4n) is 2.68. The number of urea groups is 1. The number of anilines is 1. The van der Waals surface area contributed by atoms with Crippen LogP contribution in [0.15, 0.2) is 35.7 Å². The van der Waals surface area contributed by atoms with Crippen molar-refractivity contribution in [2.24, 2.45) is 5.92 Å². The lowest BCUT2D eigenvalue weighted by atomic mass is 9.96. The molecular weight excluding hydrogens is 348 g/mol. The van der Waals surface area contributed by atoms with E-state index in [-0.39, 0.29) is 12.5 Å². The lowest BCUT2D eigenvalue weighted by Crippen LogP contribution is -2.43. The molecule has 5 nitrogen and oxygen atoms in total. The van der Waals surface area contributed by atoms with E-state index < -0.39 is 11.6 Å². The predicted molar refractivity (Wildman–Crippen MR) is 96.0 cm³/mol. The second-order valence-corrected chi connectivity index (χ2v) is 7.21. The maximum absolute atomic E-state index is 12.2. The van der Waals surface area contributed by atoms with Crippen molar-refractivity contribution in [2.75, 3.05) is 19.0 Å². The highest BCUT2D eigenvalue weighted by Crippen LogP contribution is 2.46. The Labute approximate surface area is 149 Å². The molecule has 3 N–H and O–H groups in total. The van der Waals surface area contributed by atoms with Crippen molar-refractivity contribution in [1.29, 1.82) is 0 Å². The number of halogens is 1. The topological polar surface area (TPSA) is 70.6 Å². The number of hydrogen-bond acceptors (Lipinski definition) is 4. The second kappa shape index (κ2) is 7.01. The summed E-state index contributed by atoms with van der Waals surface area (Å²) in [4.78, 5) is 13.1. The summed E-state index contributed by atoms with van der Waals surface area (Å²) >= 11 is 7.46. The molecule has 1 unspecified atom stereocenters. The van der Waals surface area contributed by atoms with E-state index in [1.807, 2.05) is 17.5 Å². The van der Waals surface area contributed by atoms with Gasteiger partial charge in [0.1, 0.15) is 11.4 Å². The first-order chi connectivity index (χ1) is 11.5. The fourth-order valence-corrected chi connectivity index (χ4v) is 3.75. The van der Waals surface area contributed by atoms with E-state index in [0.717, 1.165) is 17.7 Å². The molecule has 1 aliphatic carbocycles. The van der Waals surface area contributed by atoms with Gasteiger partial charge in [-0.05, 0) is 48.4 Å². The Morgan fingerprint density at radius 3 is 2.88 bits per heavy atom. The molecule has 3 rings (SSSR count). The van der Waals surface area contributed by atoms with Crippen LogP contribution in [-0.4, -0.2) is 24.8 Å². The monoisotopic (exact) mass is 366 g/mol. The van der Waals surface area contributed by atoms with Crippen LogP contribution in [0.1, 0.15) is 17.7 Å². The number of aliphatic hydroxyl groups is 1. The first-order valence-electron chi connectivity index (χ1n) is 7.67.